The van der Waals surface area contributed by atoms with Crippen molar-refractivity contribution in [2.24, 2.45) is 0 Å². The number of hydrogen-bond acceptors (Lipinski definition) is 3. The Bertz CT molecular complexity index is 2650. The maximum absolute atomic E-state index is 2.84. The average Bonchev–Trinajstić information content (AvgIpc) is 3.42. The molecule has 0 radical (unpaired) electrons. The summed E-state index contributed by atoms with van der Waals surface area (Å²) in [7, 11) is 0. The van der Waals surface area contributed by atoms with E-state index in [2.05, 4.69) is 219 Å². The van der Waals surface area contributed by atoms with Gasteiger partial charge >= 0.3 is 0 Å². The first-order valence-corrected chi connectivity index (χ1v) is 22.9. The van der Waals surface area contributed by atoms with E-state index in [-0.39, 0.29) is 33.9 Å². The fourth-order valence-electron chi connectivity index (χ4n) is 11.6. The van der Waals surface area contributed by atoms with E-state index in [1.54, 1.807) is 5.56 Å². The van der Waals surface area contributed by atoms with Crippen molar-refractivity contribution in [1.29, 1.82) is 0 Å². The number of hydrogen-bond donors (Lipinski definition) is 0. The van der Waals surface area contributed by atoms with Crippen molar-refractivity contribution >= 4 is 68.6 Å². The Morgan fingerprint density at radius 2 is 1.11 bits per heavy atom. The molecular weight excluding hydrogens is 737 g/mol. The van der Waals surface area contributed by atoms with E-state index in [1.807, 2.05) is 0 Å². The van der Waals surface area contributed by atoms with E-state index in [0.717, 1.165) is 0 Å². The highest BCUT2D eigenvalue weighted by Gasteiger charge is 2.61. The Morgan fingerprint density at radius 1 is 0.541 bits per heavy atom. The normalized spacial score (nSPS) is 20.2. The SMILES string of the molecule is Cc1cc2c3c(c1)N1c4c(cccc4C4(C)CCCCC14C)B3c1cc(N(c3ccc(C(C)(C)C)cc3)c3ccc(C(C)(C)C)cc3)ccc1N2c1cccc(C(C)(C)C)c1. The average molecular weight is 802 g/mol. The molecule has 61 heavy (non-hydrogen) atoms. The second-order valence-corrected chi connectivity index (χ2v) is 22.3. The summed E-state index contributed by atoms with van der Waals surface area (Å²) < 4.78 is 0. The van der Waals surface area contributed by atoms with Crippen molar-refractivity contribution in [2.45, 2.75) is 136 Å². The summed E-state index contributed by atoms with van der Waals surface area (Å²) in [6, 6.07) is 47.6. The molecule has 10 rings (SSSR count). The molecule has 0 saturated heterocycles. The zero-order valence-corrected chi connectivity index (χ0v) is 38.8. The predicted octanol–water partition coefficient (Wildman–Crippen LogP) is 13.7. The van der Waals surface area contributed by atoms with Crippen LogP contribution < -0.4 is 31.1 Å². The minimum absolute atomic E-state index is 0.00936. The third-order valence-electron chi connectivity index (χ3n) is 15.3. The lowest BCUT2D eigenvalue weighted by atomic mass is 9.33. The molecule has 1 fully saturated rings. The third-order valence-corrected chi connectivity index (χ3v) is 15.3. The molecular formula is C57H64BN3. The molecule has 310 valence electrons. The molecule has 6 aromatic rings. The Hall–Kier alpha value is -5.22. The van der Waals surface area contributed by atoms with E-state index in [1.165, 1.54) is 110 Å². The summed E-state index contributed by atoms with van der Waals surface area (Å²) in [5.74, 6) is 0. The van der Waals surface area contributed by atoms with Gasteiger partial charge in [0.2, 0.25) is 0 Å². The second-order valence-electron chi connectivity index (χ2n) is 22.3. The number of benzene rings is 6. The largest absolute Gasteiger partial charge is 0.335 e. The van der Waals surface area contributed by atoms with Gasteiger partial charge in [-0.25, -0.2) is 0 Å². The van der Waals surface area contributed by atoms with E-state index in [4.69, 9.17) is 0 Å². The molecule has 2 unspecified atom stereocenters. The summed E-state index contributed by atoms with van der Waals surface area (Å²) in [6.45, 7) is 28.3. The molecule has 2 atom stereocenters. The number of anilines is 8. The van der Waals surface area contributed by atoms with Crippen molar-refractivity contribution in [1.82, 2.24) is 0 Å². The Kier molecular flexibility index (Phi) is 8.76. The van der Waals surface area contributed by atoms with Gasteiger partial charge in [0.1, 0.15) is 0 Å². The highest BCUT2D eigenvalue weighted by atomic mass is 15.3. The first-order valence-electron chi connectivity index (χ1n) is 22.9. The predicted molar refractivity (Wildman–Crippen MR) is 264 cm³/mol. The molecule has 4 aliphatic rings. The highest BCUT2D eigenvalue weighted by Crippen LogP contribution is 2.61. The standard InChI is InChI=1S/C57H64BN3/c1-37-33-49-51-50(34-37)61-52-45(56(11)31-13-14-32-57(56,61)12)19-16-20-46(52)58(51)47-36-44(29-30-48(47)60(49)43-18-15-17-40(35-43)55(8,9)10)59(41-25-21-38(22-26-41)53(2,3)4)42-27-23-39(24-28-42)54(5,6)7/h15-30,33-36H,13-14,31-32H2,1-12H3. The fraction of sp³-hybridized carbons (Fsp3) is 0.368. The molecule has 0 aromatic heterocycles. The van der Waals surface area contributed by atoms with E-state index < -0.39 is 0 Å². The Balaban J connectivity index is 1.25. The monoisotopic (exact) mass is 802 g/mol. The van der Waals surface area contributed by atoms with Gasteiger partial charge in [-0.15, -0.1) is 0 Å². The quantitative estimate of drug-likeness (QED) is 0.164. The molecule has 4 heteroatoms. The molecule has 3 heterocycles. The van der Waals surface area contributed by atoms with Gasteiger partial charge in [-0.05, 0) is 154 Å². The molecule has 6 aromatic carbocycles. The van der Waals surface area contributed by atoms with Crippen molar-refractivity contribution in [3.8, 4) is 0 Å². The van der Waals surface area contributed by atoms with Crippen LogP contribution in [0.5, 0.6) is 0 Å². The smallest absolute Gasteiger partial charge is 0.252 e. The number of para-hydroxylation sites is 1. The van der Waals surface area contributed by atoms with Gasteiger partial charge in [-0.3, -0.25) is 0 Å². The van der Waals surface area contributed by atoms with Crippen LogP contribution in [0.4, 0.5) is 45.5 Å². The summed E-state index contributed by atoms with van der Waals surface area (Å²) >= 11 is 0. The van der Waals surface area contributed by atoms with E-state index in [9.17, 15) is 0 Å². The number of fused-ring (bicyclic) bond motifs is 7. The first kappa shape index (κ1) is 39.9. The molecule has 0 spiro atoms. The maximum Gasteiger partial charge on any atom is 0.252 e. The molecule has 1 aliphatic carbocycles. The number of aryl methyl sites for hydroxylation is 1. The molecule has 1 saturated carbocycles. The van der Waals surface area contributed by atoms with Gasteiger partial charge in [0, 0.05) is 50.9 Å². The molecule has 0 amide bonds. The second kappa shape index (κ2) is 13.4. The van der Waals surface area contributed by atoms with Gasteiger partial charge in [0.25, 0.3) is 6.71 Å². The van der Waals surface area contributed by atoms with Crippen molar-refractivity contribution < 1.29 is 0 Å². The molecule has 3 aliphatic heterocycles. The Labute approximate surface area is 366 Å². The van der Waals surface area contributed by atoms with Crippen LogP contribution in [-0.4, -0.2) is 12.3 Å². The van der Waals surface area contributed by atoms with Crippen LogP contribution in [0, 0.1) is 6.92 Å². The number of nitrogens with zero attached hydrogens (tertiary/aromatic N) is 3. The summed E-state index contributed by atoms with van der Waals surface area (Å²) in [6.07, 6.45) is 4.97. The van der Waals surface area contributed by atoms with Crippen molar-refractivity contribution in [2.75, 3.05) is 14.7 Å². The minimum atomic E-state index is -0.00936. The maximum atomic E-state index is 2.84. The lowest BCUT2D eigenvalue weighted by Gasteiger charge is -2.53. The van der Waals surface area contributed by atoms with Gasteiger partial charge in [0.05, 0.1) is 5.54 Å². The van der Waals surface area contributed by atoms with Crippen LogP contribution in [-0.2, 0) is 21.7 Å². The van der Waals surface area contributed by atoms with Crippen LogP contribution >= 0.6 is 0 Å². The van der Waals surface area contributed by atoms with Crippen LogP contribution in [0.25, 0.3) is 0 Å². The van der Waals surface area contributed by atoms with Crippen LogP contribution in [0.2, 0.25) is 0 Å². The van der Waals surface area contributed by atoms with E-state index >= 15 is 0 Å². The third kappa shape index (κ3) is 5.98. The van der Waals surface area contributed by atoms with Crippen LogP contribution in [0.1, 0.15) is 130 Å². The van der Waals surface area contributed by atoms with Crippen molar-refractivity contribution in [3.05, 3.63) is 149 Å². The lowest BCUT2D eigenvalue weighted by molar-refractivity contribution is 0.195. The topological polar surface area (TPSA) is 9.72 Å². The minimum Gasteiger partial charge on any atom is -0.335 e. The van der Waals surface area contributed by atoms with Gasteiger partial charge < -0.3 is 14.7 Å². The first-order chi connectivity index (χ1) is 28.8. The van der Waals surface area contributed by atoms with Gasteiger partial charge in [0.15, 0.2) is 0 Å². The summed E-state index contributed by atoms with van der Waals surface area (Å²) in [4.78, 5) is 7.93. The van der Waals surface area contributed by atoms with Crippen LogP contribution in [0.15, 0.2) is 121 Å². The molecule has 0 N–H and O–H groups in total. The zero-order chi connectivity index (χ0) is 43.0. The van der Waals surface area contributed by atoms with E-state index in [0.29, 0.717) is 0 Å². The van der Waals surface area contributed by atoms with Crippen LogP contribution in [0.3, 0.4) is 0 Å². The van der Waals surface area contributed by atoms with Gasteiger partial charge in [-0.1, -0.05) is 137 Å². The zero-order valence-electron chi connectivity index (χ0n) is 38.8. The van der Waals surface area contributed by atoms with Gasteiger partial charge in [-0.2, -0.15) is 0 Å². The summed E-state index contributed by atoms with van der Waals surface area (Å²) in [5.41, 5.74) is 21.5. The Morgan fingerprint density at radius 3 is 1.74 bits per heavy atom. The highest BCUT2D eigenvalue weighted by molar-refractivity contribution is 7.00. The summed E-state index contributed by atoms with van der Waals surface area (Å²) in [5, 5.41) is 0. The van der Waals surface area contributed by atoms with Crippen molar-refractivity contribution in [3.63, 3.8) is 0 Å². The molecule has 0 bridgehead atoms. The lowest BCUT2D eigenvalue weighted by Crippen LogP contribution is -2.64. The number of rotatable bonds is 4. The fourth-order valence-corrected chi connectivity index (χ4v) is 11.6. The molecule has 3 nitrogen and oxygen atoms in total.